The molecule has 1 heterocycles. The van der Waals surface area contributed by atoms with Crippen LogP contribution in [0, 0.1) is 5.92 Å². The van der Waals surface area contributed by atoms with Crippen molar-refractivity contribution in [1.82, 2.24) is 4.90 Å². The van der Waals surface area contributed by atoms with Crippen molar-refractivity contribution in [3.05, 3.63) is 0 Å². The van der Waals surface area contributed by atoms with Gasteiger partial charge in [-0.25, -0.2) is 9.59 Å². The van der Waals surface area contributed by atoms with Crippen molar-refractivity contribution < 1.29 is 29.3 Å². The van der Waals surface area contributed by atoms with Crippen molar-refractivity contribution in [1.29, 1.82) is 0 Å². The number of aliphatic hydroxyl groups is 2. The molecule has 7 nitrogen and oxygen atoms in total. The molecule has 4 atom stereocenters. The van der Waals surface area contributed by atoms with Crippen molar-refractivity contribution in [3.8, 4) is 0 Å². The standard InChI is InChI=1S/C18H31NO6/c1-5-24-16(22)15(21)14(20)13-12(11-9-7-6-8-10-11)19(13)17(23)25-18(2,3)4/h11-15,20-21H,5-10H2,1-4H3/t12-,13+,14+,15-,19?/m1/s1. The Hall–Kier alpha value is -1.34. The number of aliphatic hydroxyl groups excluding tert-OH is 2. The van der Waals surface area contributed by atoms with E-state index in [4.69, 9.17) is 9.47 Å². The second-order valence-corrected chi connectivity index (χ2v) is 7.95. The Balaban J connectivity index is 2.11. The van der Waals surface area contributed by atoms with E-state index in [1.54, 1.807) is 27.7 Å². The Morgan fingerprint density at radius 1 is 1.16 bits per heavy atom. The predicted octanol–water partition coefficient (Wildman–Crippen LogP) is 1.84. The lowest BCUT2D eigenvalue weighted by atomic mass is 9.85. The van der Waals surface area contributed by atoms with Gasteiger partial charge < -0.3 is 19.7 Å². The van der Waals surface area contributed by atoms with Gasteiger partial charge in [0.05, 0.1) is 18.7 Å². The minimum atomic E-state index is -1.66. The molecule has 2 N–H and O–H groups in total. The Morgan fingerprint density at radius 2 is 1.76 bits per heavy atom. The van der Waals surface area contributed by atoms with Crippen LogP contribution >= 0.6 is 0 Å². The fraction of sp³-hybridized carbons (Fsp3) is 0.889. The topological polar surface area (TPSA) is 96.1 Å². The number of hydrogen-bond acceptors (Lipinski definition) is 6. The molecular weight excluding hydrogens is 326 g/mol. The Kier molecular flexibility index (Phi) is 6.32. The minimum absolute atomic E-state index is 0.120. The number of amides is 1. The van der Waals surface area contributed by atoms with Crippen LogP contribution in [0.2, 0.25) is 0 Å². The fourth-order valence-corrected chi connectivity index (χ4v) is 3.73. The Bertz CT molecular complexity index is 482. The number of nitrogens with zero attached hydrogens (tertiary/aromatic N) is 1. The first-order chi connectivity index (χ1) is 11.7. The summed E-state index contributed by atoms with van der Waals surface area (Å²) in [6, 6.07) is -0.813. The second-order valence-electron chi connectivity index (χ2n) is 7.95. The van der Waals surface area contributed by atoms with Gasteiger partial charge in [-0.1, -0.05) is 19.3 Å². The molecule has 0 aromatic rings. The average molecular weight is 357 g/mol. The molecule has 7 heteroatoms. The van der Waals surface area contributed by atoms with Gasteiger partial charge in [0.25, 0.3) is 0 Å². The molecule has 1 saturated carbocycles. The maximum absolute atomic E-state index is 12.5. The van der Waals surface area contributed by atoms with E-state index in [0.717, 1.165) is 25.7 Å². The van der Waals surface area contributed by atoms with E-state index in [2.05, 4.69) is 0 Å². The van der Waals surface area contributed by atoms with Crippen molar-refractivity contribution in [3.63, 3.8) is 0 Å². The fourth-order valence-electron chi connectivity index (χ4n) is 3.73. The van der Waals surface area contributed by atoms with Crippen LogP contribution in [0.5, 0.6) is 0 Å². The largest absolute Gasteiger partial charge is 0.464 e. The zero-order chi connectivity index (χ0) is 18.8. The molecule has 0 aromatic carbocycles. The molecule has 0 aromatic heterocycles. The summed E-state index contributed by atoms with van der Waals surface area (Å²) in [5, 5.41) is 20.5. The monoisotopic (exact) mass is 357 g/mol. The van der Waals surface area contributed by atoms with Gasteiger partial charge in [0, 0.05) is 0 Å². The van der Waals surface area contributed by atoms with Crippen LogP contribution in [-0.2, 0) is 14.3 Å². The summed E-state index contributed by atoms with van der Waals surface area (Å²) in [7, 11) is 0. The SMILES string of the molecule is CCOC(=O)[C@H](O)[C@@H](O)[C@@H]1[C@@H](C2CCCCC2)N1C(=O)OC(C)(C)C. The number of ether oxygens (including phenoxy) is 2. The molecule has 2 rings (SSSR count). The smallest absolute Gasteiger partial charge is 0.411 e. The summed E-state index contributed by atoms with van der Waals surface area (Å²) in [5.74, 6) is -0.608. The quantitative estimate of drug-likeness (QED) is 0.576. The predicted molar refractivity (Wildman–Crippen MR) is 90.9 cm³/mol. The van der Waals surface area contributed by atoms with Crippen molar-refractivity contribution in [2.24, 2.45) is 5.92 Å². The van der Waals surface area contributed by atoms with Crippen molar-refractivity contribution >= 4 is 12.1 Å². The molecule has 2 aliphatic rings. The van der Waals surface area contributed by atoms with Crippen LogP contribution in [0.1, 0.15) is 59.8 Å². The van der Waals surface area contributed by atoms with Gasteiger partial charge in [-0.05, 0) is 46.5 Å². The van der Waals surface area contributed by atoms with Gasteiger partial charge in [-0.3, -0.25) is 4.90 Å². The van der Waals surface area contributed by atoms with Crippen LogP contribution in [0.15, 0.2) is 0 Å². The normalized spacial score (nSPS) is 26.7. The highest BCUT2D eigenvalue weighted by Gasteiger charge is 2.61. The first kappa shape index (κ1) is 20.0. The Morgan fingerprint density at radius 3 is 2.28 bits per heavy atom. The lowest BCUT2D eigenvalue weighted by Gasteiger charge is -2.23. The molecule has 1 saturated heterocycles. The maximum atomic E-state index is 12.5. The van der Waals surface area contributed by atoms with E-state index < -0.39 is 35.9 Å². The van der Waals surface area contributed by atoms with E-state index in [1.807, 2.05) is 0 Å². The van der Waals surface area contributed by atoms with Gasteiger partial charge in [0.2, 0.25) is 0 Å². The van der Waals surface area contributed by atoms with Gasteiger partial charge in [-0.15, -0.1) is 0 Å². The summed E-state index contributed by atoms with van der Waals surface area (Å²) in [6.07, 6.45) is 1.75. The summed E-state index contributed by atoms with van der Waals surface area (Å²) >= 11 is 0. The highest BCUT2D eigenvalue weighted by atomic mass is 16.6. The summed E-state index contributed by atoms with van der Waals surface area (Å²) in [4.78, 5) is 25.7. The van der Waals surface area contributed by atoms with E-state index in [0.29, 0.717) is 0 Å². The zero-order valence-corrected chi connectivity index (χ0v) is 15.6. The number of esters is 1. The van der Waals surface area contributed by atoms with Crippen LogP contribution in [0.3, 0.4) is 0 Å². The summed E-state index contributed by atoms with van der Waals surface area (Å²) < 4.78 is 10.2. The number of carbonyl (C=O) groups is 2. The first-order valence-corrected chi connectivity index (χ1v) is 9.21. The number of carbonyl (C=O) groups excluding carboxylic acids is 2. The molecule has 144 valence electrons. The van der Waals surface area contributed by atoms with Gasteiger partial charge >= 0.3 is 12.1 Å². The molecule has 0 radical (unpaired) electrons. The van der Waals surface area contributed by atoms with E-state index in [1.165, 1.54) is 11.3 Å². The van der Waals surface area contributed by atoms with Crippen molar-refractivity contribution in [2.75, 3.05) is 6.61 Å². The molecule has 1 aliphatic heterocycles. The molecule has 1 amide bonds. The van der Waals surface area contributed by atoms with Crippen LogP contribution in [0.4, 0.5) is 4.79 Å². The molecular formula is C18H31NO6. The van der Waals surface area contributed by atoms with Crippen LogP contribution < -0.4 is 0 Å². The van der Waals surface area contributed by atoms with Gasteiger partial charge in [-0.2, -0.15) is 0 Å². The third kappa shape index (κ3) is 4.85. The van der Waals surface area contributed by atoms with Crippen LogP contribution in [-0.4, -0.2) is 63.7 Å². The van der Waals surface area contributed by atoms with E-state index >= 15 is 0 Å². The minimum Gasteiger partial charge on any atom is -0.464 e. The lowest BCUT2D eigenvalue weighted by Crippen LogP contribution is -2.41. The molecule has 0 unspecified atom stereocenters. The first-order valence-electron chi connectivity index (χ1n) is 9.21. The molecule has 0 bridgehead atoms. The number of rotatable bonds is 5. The van der Waals surface area contributed by atoms with E-state index in [9.17, 15) is 19.8 Å². The van der Waals surface area contributed by atoms with E-state index in [-0.39, 0.29) is 18.6 Å². The molecule has 25 heavy (non-hydrogen) atoms. The number of hydrogen-bond donors (Lipinski definition) is 2. The summed E-state index contributed by atoms with van der Waals surface area (Å²) in [5.41, 5.74) is -0.647. The molecule has 0 spiro atoms. The highest BCUT2D eigenvalue weighted by Crippen LogP contribution is 2.44. The molecule has 1 aliphatic carbocycles. The van der Waals surface area contributed by atoms with Crippen molar-refractivity contribution in [2.45, 2.75) is 89.7 Å². The third-order valence-electron chi connectivity index (χ3n) is 4.84. The highest BCUT2D eigenvalue weighted by molar-refractivity contribution is 5.77. The van der Waals surface area contributed by atoms with Crippen LogP contribution in [0.25, 0.3) is 0 Å². The maximum Gasteiger partial charge on any atom is 0.411 e. The Labute approximate surface area is 149 Å². The van der Waals surface area contributed by atoms with Gasteiger partial charge in [0.1, 0.15) is 11.7 Å². The average Bonchev–Trinajstić information content (AvgIpc) is 3.28. The molecule has 2 fully saturated rings. The third-order valence-corrected chi connectivity index (χ3v) is 4.84. The zero-order valence-electron chi connectivity index (χ0n) is 15.6. The lowest BCUT2D eigenvalue weighted by molar-refractivity contribution is -0.159. The van der Waals surface area contributed by atoms with Gasteiger partial charge in [0.15, 0.2) is 6.10 Å². The second kappa shape index (κ2) is 7.91. The summed E-state index contributed by atoms with van der Waals surface area (Å²) in [6.45, 7) is 7.09.